The van der Waals surface area contributed by atoms with Gasteiger partial charge in [0, 0.05) is 47.6 Å². The molecule has 1 unspecified atom stereocenters. The van der Waals surface area contributed by atoms with Gasteiger partial charge in [0.05, 0.1) is 12.7 Å². The third-order valence-corrected chi connectivity index (χ3v) is 9.57. The van der Waals surface area contributed by atoms with Gasteiger partial charge >= 0.3 is 8.80 Å². The van der Waals surface area contributed by atoms with Crippen LogP contribution in [0.2, 0.25) is 25.2 Å². The van der Waals surface area contributed by atoms with Gasteiger partial charge < -0.3 is 32.9 Å². The summed E-state index contributed by atoms with van der Waals surface area (Å²) in [4.78, 5) is 0. The zero-order valence-corrected chi connectivity index (χ0v) is 18.2. The molecule has 146 valence electrons. The highest BCUT2D eigenvalue weighted by atomic mass is 28.4. The summed E-state index contributed by atoms with van der Waals surface area (Å²) < 4.78 is 27.1. The van der Waals surface area contributed by atoms with Crippen LogP contribution in [0, 0.1) is 0 Å². The van der Waals surface area contributed by atoms with Crippen molar-refractivity contribution < 1.29 is 27.5 Å². The molecule has 0 aromatic carbocycles. The maximum Gasteiger partial charge on any atom is 0.500 e. The lowest BCUT2D eigenvalue weighted by molar-refractivity contribution is 0.0371. The number of hydrogen-bond acceptors (Lipinski definition) is 7. The Kier molecular flexibility index (Phi) is 13.5. The van der Waals surface area contributed by atoms with Crippen molar-refractivity contribution in [1.82, 2.24) is 5.32 Å². The molecule has 0 saturated carbocycles. The number of nitrogens with one attached hydrogen (secondary N) is 1. The molecule has 0 fully saturated rings. The van der Waals surface area contributed by atoms with Crippen LogP contribution in [0.25, 0.3) is 0 Å². The molecule has 0 aliphatic rings. The largest absolute Gasteiger partial charge is 0.500 e. The first-order valence-corrected chi connectivity index (χ1v) is 13.6. The zero-order valence-electron chi connectivity index (χ0n) is 16.2. The molecule has 2 N–H and O–H groups in total. The summed E-state index contributed by atoms with van der Waals surface area (Å²) in [5.74, 6) is 0. The van der Waals surface area contributed by atoms with Gasteiger partial charge in [0.1, 0.15) is 0 Å². The lowest BCUT2D eigenvalue weighted by atomic mass is 10.3. The quantitative estimate of drug-likeness (QED) is 0.309. The Labute approximate surface area is 149 Å². The molecule has 0 rings (SSSR count). The van der Waals surface area contributed by atoms with E-state index in [4.69, 9.17) is 22.4 Å². The maximum absolute atomic E-state index is 9.88. The van der Waals surface area contributed by atoms with E-state index in [-0.39, 0.29) is 0 Å². The Morgan fingerprint density at radius 2 is 1.54 bits per heavy atom. The highest BCUT2D eigenvalue weighted by molar-refractivity contribution is 6.71. The van der Waals surface area contributed by atoms with Gasteiger partial charge in [-0.1, -0.05) is 0 Å². The molecule has 0 saturated heterocycles. The van der Waals surface area contributed by atoms with Crippen LogP contribution < -0.4 is 5.32 Å². The molecule has 7 nitrogen and oxygen atoms in total. The van der Waals surface area contributed by atoms with Gasteiger partial charge in [0.25, 0.3) is 0 Å². The van der Waals surface area contributed by atoms with Crippen LogP contribution in [-0.2, 0) is 22.4 Å². The van der Waals surface area contributed by atoms with Crippen LogP contribution in [0.5, 0.6) is 0 Å². The average Bonchev–Trinajstić information content (AvgIpc) is 2.58. The number of ether oxygens (including phenoxy) is 1. The molecule has 0 aliphatic heterocycles. The van der Waals surface area contributed by atoms with Gasteiger partial charge in [-0.15, -0.1) is 0 Å². The minimum Gasteiger partial charge on any atom is -0.420 e. The monoisotopic (exact) mass is 383 g/mol. The third kappa shape index (κ3) is 10.9. The molecular formula is C15H37NO6Si2. The molecule has 0 amide bonds. The number of aliphatic hydroxyl groups is 1. The SMILES string of the molecule is CO[Si](C)(C)CCCOCC(O)CNCCC[Si](OC)(OC)OC. The van der Waals surface area contributed by atoms with Crippen molar-refractivity contribution in [2.75, 3.05) is 54.7 Å². The van der Waals surface area contributed by atoms with E-state index < -0.39 is 23.2 Å². The summed E-state index contributed by atoms with van der Waals surface area (Å²) in [5, 5.41) is 13.1. The van der Waals surface area contributed by atoms with Crippen molar-refractivity contribution in [1.29, 1.82) is 0 Å². The fraction of sp³-hybridized carbons (Fsp3) is 1.00. The fourth-order valence-electron chi connectivity index (χ4n) is 2.24. The number of aliphatic hydroxyl groups excluding tert-OH is 1. The summed E-state index contributed by atoms with van der Waals surface area (Å²) in [6, 6.07) is 1.82. The average molecular weight is 384 g/mol. The normalized spacial score (nSPS) is 14.1. The Bertz CT molecular complexity index is 297. The standard InChI is InChI=1S/C15H37NO6Si2/c1-18-23(5,6)11-8-10-22-14-15(17)13-16-9-7-12-24(19-2,20-3)21-4/h15-17H,7-14H2,1-6H3. The van der Waals surface area contributed by atoms with Crippen molar-refractivity contribution in [3.05, 3.63) is 0 Å². The molecule has 9 heteroatoms. The summed E-state index contributed by atoms with van der Waals surface area (Å²) in [6.07, 6.45) is 1.35. The van der Waals surface area contributed by atoms with E-state index in [2.05, 4.69) is 18.4 Å². The first kappa shape index (κ1) is 24.2. The van der Waals surface area contributed by atoms with E-state index in [9.17, 15) is 5.11 Å². The molecule has 0 bridgehead atoms. The van der Waals surface area contributed by atoms with Crippen LogP contribution in [0.1, 0.15) is 12.8 Å². The van der Waals surface area contributed by atoms with Crippen LogP contribution in [-0.4, -0.2) is 83.1 Å². The van der Waals surface area contributed by atoms with Crippen molar-refractivity contribution in [3.63, 3.8) is 0 Å². The van der Waals surface area contributed by atoms with E-state index in [0.29, 0.717) is 19.8 Å². The van der Waals surface area contributed by atoms with Crippen molar-refractivity contribution >= 4 is 17.1 Å². The summed E-state index contributed by atoms with van der Waals surface area (Å²) >= 11 is 0. The van der Waals surface area contributed by atoms with Gasteiger partial charge in [-0.25, -0.2) is 0 Å². The molecule has 0 aliphatic carbocycles. The molecular weight excluding hydrogens is 346 g/mol. The van der Waals surface area contributed by atoms with Crippen molar-refractivity contribution in [2.24, 2.45) is 0 Å². The second kappa shape index (κ2) is 13.4. The first-order valence-electron chi connectivity index (χ1n) is 8.52. The Morgan fingerprint density at radius 1 is 0.917 bits per heavy atom. The number of rotatable bonds is 16. The lowest BCUT2D eigenvalue weighted by Crippen LogP contribution is -2.43. The lowest BCUT2D eigenvalue weighted by Gasteiger charge is -2.24. The molecule has 0 aromatic heterocycles. The second-order valence-electron chi connectivity index (χ2n) is 6.40. The molecule has 0 aromatic rings. The van der Waals surface area contributed by atoms with Crippen molar-refractivity contribution in [3.8, 4) is 0 Å². The summed E-state index contributed by atoms with van der Waals surface area (Å²) in [5.41, 5.74) is 0. The minimum atomic E-state index is -2.48. The highest BCUT2D eigenvalue weighted by Crippen LogP contribution is 2.14. The molecule has 0 heterocycles. The van der Waals surface area contributed by atoms with E-state index in [0.717, 1.165) is 31.5 Å². The molecule has 1 atom stereocenters. The molecule has 0 radical (unpaired) electrons. The topological polar surface area (TPSA) is 78.4 Å². The smallest absolute Gasteiger partial charge is 0.420 e. The van der Waals surface area contributed by atoms with Gasteiger partial charge in [0.15, 0.2) is 8.32 Å². The molecule has 0 spiro atoms. The fourth-order valence-corrected chi connectivity index (χ4v) is 5.16. The third-order valence-electron chi connectivity index (χ3n) is 4.08. The van der Waals surface area contributed by atoms with Crippen LogP contribution >= 0.6 is 0 Å². The Balaban J connectivity index is 3.61. The minimum absolute atomic E-state index is 0.356. The van der Waals surface area contributed by atoms with Gasteiger partial charge in [-0.05, 0) is 38.5 Å². The summed E-state index contributed by atoms with van der Waals surface area (Å²) in [7, 11) is 2.65. The predicted molar refractivity (Wildman–Crippen MR) is 99.8 cm³/mol. The molecule has 24 heavy (non-hydrogen) atoms. The Morgan fingerprint density at radius 3 is 2.08 bits per heavy atom. The first-order chi connectivity index (χ1) is 11.3. The maximum atomic E-state index is 9.88. The van der Waals surface area contributed by atoms with Crippen molar-refractivity contribution in [2.45, 2.75) is 44.1 Å². The van der Waals surface area contributed by atoms with E-state index in [1.807, 2.05) is 0 Å². The predicted octanol–water partition coefficient (Wildman–Crippen LogP) is 1.46. The van der Waals surface area contributed by atoms with Crippen LogP contribution in [0.3, 0.4) is 0 Å². The van der Waals surface area contributed by atoms with Crippen LogP contribution in [0.15, 0.2) is 0 Å². The highest BCUT2D eigenvalue weighted by Gasteiger charge is 2.36. The van der Waals surface area contributed by atoms with Gasteiger partial charge in [0.2, 0.25) is 0 Å². The van der Waals surface area contributed by atoms with Gasteiger partial charge in [-0.2, -0.15) is 0 Å². The number of hydrogen-bond donors (Lipinski definition) is 2. The second-order valence-corrected chi connectivity index (χ2v) is 13.9. The van der Waals surface area contributed by atoms with E-state index in [1.165, 1.54) is 0 Å². The van der Waals surface area contributed by atoms with Gasteiger partial charge in [-0.3, -0.25) is 0 Å². The zero-order chi connectivity index (χ0) is 18.5. The van der Waals surface area contributed by atoms with E-state index in [1.54, 1.807) is 28.4 Å². The van der Waals surface area contributed by atoms with Crippen LogP contribution in [0.4, 0.5) is 0 Å². The van der Waals surface area contributed by atoms with E-state index >= 15 is 0 Å². The summed E-state index contributed by atoms with van der Waals surface area (Å²) in [6.45, 7) is 6.70. The Hall–Kier alpha value is 0.154.